The largest absolute Gasteiger partial charge is 0.360 e. The van der Waals surface area contributed by atoms with Crippen LogP contribution >= 0.6 is 0 Å². The fourth-order valence-electron chi connectivity index (χ4n) is 4.14. The van der Waals surface area contributed by atoms with Crippen molar-refractivity contribution in [3.05, 3.63) is 17.5 Å². The van der Waals surface area contributed by atoms with Gasteiger partial charge in [0.2, 0.25) is 10.0 Å². The number of rotatable bonds is 5. The fourth-order valence-corrected chi connectivity index (χ4v) is 6.26. The lowest BCUT2D eigenvalue weighted by Gasteiger charge is -2.39. The Kier molecular flexibility index (Phi) is 5.26. The van der Waals surface area contributed by atoms with Crippen LogP contribution in [-0.4, -0.2) is 60.8 Å². The molecule has 1 aromatic rings. The van der Waals surface area contributed by atoms with Gasteiger partial charge in [0, 0.05) is 37.2 Å². The van der Waals surface area contributed by atoms with E-state index in [0.717, 1.165) is 31.6 Å². The van der Waals surface area contributed by atoms with E-state index in [1.165, 1.54) is 0 Å². The average molecular weight is 397 g/mol. The fraction of sp³-hybridized carbons (Fsp3) is 0.778. The molecule has 1 saturated carbocycles. The van der Waals surface area contributed by atoms with Crippen LogP contribution in [0.2, 0.25) is 0 Å². The molecule has 3 aliphatic rings. The topological polar surface area (TPSA) is 105 Å². The lowest BCUT2D eigenvalue weighted by atomic mass is 10.0. The van der Waals surface area contributed by atoms with Crippen molar-refractivity contribution < 1.29 is 17.7 Å². The molecule has 1 aliphatic carbocycles. The molecule has 0 bridgehead atoms. The minimum Gasteiger partial charge on any atom is -0.360 e. The summed E-state index contributed by atoms with van der Waals surface area (Å²) in [6.07, 6.45) is 5.02. The minimum absolute atomic E-state index is 0.0514. The highest BCUT2D eigenvalue weighted by atomic mass is 32.2. The van der Waals surface area contributed by atoms with E-state index in [0.29, 0.717) is 44.0 Å². The van der Waals surface area contributed by atoms with Crippen LogP contribution in [0.1, 0.15) is 67.6 Å². The third kappa shape index (κ3) is 4.05. The molecule has 1 amide bonds. The summed E-state index contributed by atoms with van der Waals surface area (Å²) in [6, 6.07) is 1.55. The number of carbonyl (C=O) groups is 1. The Balaban J connectivity index is 1.34. The van der Waals surface area contributed by atoms with Crippen molar-refractivity contribution in [2.45, 2.75) is 68.7 Å². The predicted octanol–water partition coefficient (Wildman–Crippen LogP) is 1.22. The summed E-state index contributed by atoms with van der Waals surface area (Å²) in [5.74, 6) is 0.966. The van der Waals surface area contributed by atoms with Gasteiger partial charge in [-0.1, -0.05) is 5.16 Å². The minimum atomic E-state index is -3.31. The van der Waals surface area contributed by atoms with E-state index in [-0.39, 0.29) is 23.2 Å². The quantitative estimate of drug-likeness (QED) is 0.775. The van der Waals surface area contributed by atoms with Crippen LogP contribution in [-0.2, 0) is 10.0 Å². The number of sulfonamides is 1. The third-order valence-electron chi connectivity index (χ3n) is 5.89. The molecule has 150 valence electrons. The molecule has 3 heterocycles. The molecule has 8 nitrogen and oxygen atoms in total. The highest BCUT2D eigenvalue weighted by molar-refractivity contribution is 7.89. The van der Waals surface area contributed by atoms with Gasteiger partial charge in [0.05, 0.1) is 5.25 Å². The summed E-state index contributed by atoms with van der Waals surface area (Å²) in [7, 11) is -3.31. The van der Waals surface area contributed by atoms with Gasteiger partial charge in [0.1, 0.15) is 5.76 Å². The van der Waals surface area contributed by atoms with Crippen LogP contribution in [0.15, 0.2) is 10.6 Å². The number of piperidine rings is 2. The van der Waals surface area contributed by atoms with E-state index in [2.05, 4.69) is 15.8 Å². The monoisotopic (exact) mass is 396 g/mol. The molecular weight excluding hydrogens is 368 g/mol. The van der Waals surface area contributed by atoms with Crippen molar-refractivity contribution in [1.82, 2.24) is 20.1 Å². The van der Waals surface area contributed by atoms with Gasteiger partial charge in [-0.3, -0.25) is 4.79 Å². The molecule has 9 heteroatoms. The van der Waals surface area contributed by atoms with Gasteiger partial charge < -0.3 is 15.2 Å². The molecular formula is C18H28N4O4S. The van der Waals surface area contributed by atoms with Crippen molar-refractivity contribution in [3.8, 4) is 0 Å². The van der Waals surface area contributed by atoms with Crippen LogP contribution < -0.4 is 10.6 Å². The lowest BCUT2D eigenvalue weighted by Crippen LogP contribution is -2.54. The Bertz CT molecular complexity index is 783. The number of amides is 1. The molecule has 2 aliphatic heterocycles. The summed E-state index contributed by atoms with van der Waals surface area (Å²) in [5.41, 5.74) is 0.313. The van der Waals surface area contributed by atoms with Gasteiger partial charge in [-0.15, -0.1) is 0 Å². The molecule has 0 aromatic carbocycles. The standard InChI is InChI=1S/C18H28N4O4S/c1-12-9-14(20-18(23)16-10-17(26-21-16)13-4-5-13)6-8-22(12)27(24,25)15-3-2-7-19-11-15/h10,12-15,19H,2-9,11H2,1H3,(H,20,23)/t12-,14-,15-/m0/s1. The third-order valence-corrected chi connectivity index (χ3v) is 8.33. The van der Waals surface area contributed by atoms with E-state index in [9.17, 15) is 13.2 Å². The number of carbonyl (C=O) groups excluding carboxylic acids is 1. The summed E-state index contributed by atoms with van der Waals surface area (Å²) < 4.78 is 32.8. The number of aromatic nitrogens is 1. The van der Waals surface area contributed by atoms with E-state index >= 15 is 0 Å². The second-order valence-electron chi connectivity index (χ2n) is 8.06. The average Bonchev–Trinajstić information content (AvgIpc) is 3.39. The molecule has 2 N–H and O–H groups in total. The van der Waals surface area contributed by atoms with E-state index in [4.69, 9.17) is 4.52 Å². The Hall–Kier alpha value is -1.45. The molecule has 3 fully saturated rings. The normalized spacial score (nSPS) is 30.2. The summed E-state index contributed by atoms with van der Waals surface area (Å²) in [4.78, 5) is 12.4. The highest BCUT2D eigenvalue weighted by Crippen LogP contribution is 2.40. The Morgan fingerprint density at radius 1 is 1.33 bits per heavy atom. The first-order valence-corrected chi connectivity index (χ1v) is 11.4. The molecule has 2 saturated heterocycles. The zero-order valence-corrected chi connectivity index (χ0v) is 16.5. The van der Waals surface area contributed by atoms with Crippen molar-refractivity contribution in [1.29, 1.82) is 0 Å². The predicted molar refractivity (Wildman–Crippen MR) is 99.9 cm³/mol. The first-order valence-electron chi connectivity index (χ1n) is 9.94. The summed E-state index contributed by atoms with van der Waals surface area (Å²) in [5, 5.41) is 9.72. The van der Waals surface area contributed by atoms with E-state index < -0.39 is 10.0 Å². The second kappa shape index (κ2) is 7.52. The molecule has 1 aromatic heterocycles. The zero-order chi connectivity index (χ0) is 19.0. The maximum absolute atomic E-state index is 13.0. The molecule has 27 heavy (non-hydrogen) atoms. The van der Waals surface area contributed by atoms with Gasteiger partial charge in [0.15, 0.2) is 5.69 Å². The zero-order valence-electron chi connectivity index (χ0n) is 15.7. The van der Waals surface area contributed by atoms with Gasteiger partial charge in [-0.25, -0.2) is 8.42 Å². The van der Waals surface area contributed by atoms with Crippen molar-refractivity contribution in [2.24, 2.45) is 0 Å². The smallest absolute Gasteiger partial charge is 0.273 e. The van der Waals surface area contributed by atoms with Crippen molar-refractivity contribution >= 4 is 15.9 Å². The first-order chi connectivity index (χ1) is 12.9. The Morgan fingerprint density at radius 2 is 2.15 bits per heavy atom. The second-order valence-corrected chi connectivity index (χ2v) is 10.2. The number of nitrogens with one attached hydrogen (secondary N) is 2. The maximum atomic E-state index is 13.0. The lowest BCUT2D eigenvalue weighted by molar-refractivity contribution is 0.0905. The van der Waals surface area contributed by atoms with Crippen LogP contribution in [0.3, 0.4) is 0 Å². The van der Waals surface area contributed by atoms with Gasteiger partial charge in [-0.05, 0) is 52.0 Å². The molecule has 0 radical (unpaired) electrons. The van der Waals surface area contributed by atoms with Crippen molar-refractivity contribution in [2.75, 3.05) is 19.6 Å². The Morgan fingerprint density at radius 3 is 2.81 bits per heavy atom. The van der Waals surface area contributed by atoms with Crippen LogP contribution in [0.25, 0.3) is 0 Å². The molecule has 0 unspecified atom stereocenters. The number of hydrogen-bond donors (Lipinski definition) is 2. The Labute approximate surface area is 160 Å². The van der Waals surface area contributed by atoms with Crippen molar-refractivity contribution in [3.63, 3.8) is 0 Å². The molecule has 0 spiro atoms. The maximum Gasteiger partial charge on any atom is 0.273 e. The van der Waals surface area contributed by atoms with E-state index in [1.807, 2.05) is 6.92 Å². The van der Waals surface area contributed by atoms with Crippen LogP contribution in [0.5, 0.6) is 0 Å². The highest BCUT2D eigenvalue weighted by Gasteiger charge is 2.39. The van der Waals surface area contributed by atoms with Crippen LogP contribution in [0.4, 0.5) is 0 Å². The first kappa shape index (κ1) is 18.9. The SMILES string of the molecule is C[C@H]1C[C@@H](NC(=O)c2cc(C3CC3)on2)CCN1S(=O)(=O)[C@H]1CCCNC1. The molecule has 4 rings (SSSR count). The summed E-state index contributed by atoms with van der Waals surface area (Å²) in [6.45, 7) is 3.78. The molecule has 3 atom stereocenters. The number of nitrogens with zero attached hydrogens (tertiary/aromatic N) is 2. The summed E-state index contributed by atoms with van der Waals surface area (Å²) >= 11 is 0. The van der Waals surface area contributed by atoms with Gasteiger partial charge in [0.25, 0.3) is 5.91 Å². The van der Waals surface area contributed by atoms with Gasteiger partial charge >= 0.3 is 0 Å². The van der Waals surface area contributed by atoms with E-state index in [1.54, 1.807) is 10.4 Å². The number of hydrogen-bond acceptors (Lipinski definition) is 6. The van der Waals surface area contributed by atoms with Gasteiger partial charge in [-0.2, -0.15) is 4.31 Å². The van der Waals surface area contributed by atoms with Crippen LogP contribution in [0, 0.1) is 0 Å².